The Morgan fingerprint density at radius 1 is 1.00 bits per heavy atom. The van der Waals surface area contributed by atoms with E-state index in [0.29, 0.717) is 13.0 Å². The van der Waals surface area contributed by atoms with Gasteiger partial charge in [0.2, 0.25) is 0 Å². The molecule has 5 heteroatoms. The third-order valence-electron chi connectivity index (χ3n) is 1.88. The molecule has 0 bridgehead atoms. The molecule has 0 aliphatic carbocycles. The zero-order valence-electron chi connectivity index (χ0n) is 7.69. The topological polar surface area (TPSA) is 107 Å². The van der Waals surface area contributed by atoms with Gasteiger partial charge in [-0.3, -0.25) is 0 Å². The lowest BCUT2D eigenvalue weighted by atomic mass is 10.1. The van der Waals surface area contributed by atoms with Gasteiger partial charge in [0, 0.05) is 0 Å². The molecule has 1 atom stereocenters. The predicted molar refractivity (Wildman–Crippen MR) is 47.5 cm³/mol. The maximum atomic E-state index is 8.97. The second-order valence-electron chi connectivity index (χ2n) is 3.19. The van der Waals surface area contributed by atoms with Crippen LogP contribution < -0.4 is 5.73 Å². The van der Waals surface area contributed by atoms with Gasteiger partial charge in [0.15, 0.2) is 0 Å². The maximum absolute atomic E-state index is 8.97. The molecule has 0 fully saturated rings. The molecule has 0 aromatic heterocycles. The summed E-state index contributed by atoms with van der Waals surface area (Å²) >= 11 is 0. The lowest BCUT2D eigenvalue weighted by Crippen LogP contribution is -2.41. The zero-order chi connectivity index (χ0) is 10.3. The fraction of sp³-hybridized carbons (Fsp3) is 1.00. The largest absolute Gasteiger partial charge is 0.385 e. The van der Waals surface area contributed by atoms with Crippen molar-refractivity contribution in [3.8, 4) is 0 Å². The molecule has 0 amide bonds. The van der Waals surface area contributed by atoms with Crippen LogP contribution in [0.15, 0.2) is 0 Å². The molecule has 0 rings (SSSR count). The van der Waals surface area contributed by atoms with E-state index in [1.165, 1.54) is 0 Å². The summed E-state index contributed by atoms with van der Waals surface area (Å²) in [7, 11) is 0. The van der Waals surface area contributed by atoms with Crippen molar-refractivity contribution in [3.05, 3.63) is 0 Å². The predicted octanol–water partition coefficient (Wildman–Crippen LogP) is -1.11. The van der Waals surface area contributed by atoms with Crippen LogP contribution in [-0.2, 0) is 0 Å². The molecule has 13 heavy (non-hydrogen) atoms. The fourth-order valence-corrected chi connectivity index (χ4v) is 1.03. The summed E-state index contributed by atoms with van der Waals surface area (Å²) in [5.74, 6) is -2.96. The molecule has 0 aromatic carbocycles. The summed E-state index contributed by atoms with van der Waals surface area (Å²) in [5.41, 5.74) is 5.27. The van der Waals surface area contributed by atoms with Gasteiger partial charge in [0.05, 0.1) is 0 Å². The molecule has 0 radical (unpaired) electrons. The minimum atomic E-state index is -2.96. The number of aliphatic hydroxyl groups is 4. The van der Waals surface area contributed by atoms with Crippen LogP contribution in [0.1, 0.15) is 32.1 Å². The lowest BCUT2D eigenvalue weighted by Gasteiger charge is -2.20. The van der Waals surface area contributed by atoms with E-state index in [9.17, 15) is 0 Å². The van der Waals surface area contributed by atoms with Crippen LogP contribution in [0.25, 0.3) is 0 Å². The van der Waals surface area contributed by atoms with Crippen molar-refractivity contribution in [1.29, 1.82) is 0 Å². The maximum Gasteiger partial charge on any atom is 0.302 e. The standard InChI is InChI=1S/C8H19NO4/c9-6-4-2-1-3-5-7(10)8(11,12)13/h7,10-13H,1-6,9H2. The number of hydrogen-bond donors (Lipinski definition) is 5. The van der Waals surface area contributed by atoms with Crippen molar-refractivity contribution in [2.45, 2.75) is 44.2 Å². The van der Waals surface area contributed by atoms with Gasteiger partial charge in [-0.05, 0) is 19.4 Å². The van der Waals surface area contributed by atoms with Crippen LogP contribution in [0.2, 0.25) is 0 Å². The summed E-state index contributed by atoms with van der Waals surface area (Å²) in [6.45, 7) is 0.645. The number of unbranched alkanes of at least 4 members (excludes halogenated alkanes) is 3. The Morgan fingerprint density at radius 2 is 1.54 bits per heavy atom. The van der Waals surface area contributed by atoms with Gasteiger partial charge in [0.25, 0.3) is 0 Å². The summed E-state index contributed by atoms with van der Waals surface area (Å²) in [5, 5.41) is 34.6. The Balaban J connectivity index is 3.32. The van der Waals surface area contributed by atoms with Crippen LogP contribution >= 0.6 is 0 Å². The molecule has 0 aliphatic rings. The highest BCUT2D eigenvalue weighted by Gasteiger charge is 2.29. The van der Waals surface area contributed by atoms with E-state index >= 15 is 0 Å². The highest BCUT2D eigenvalue weighted by Crippen LogP contribution is 2.11. The first-order valence-electron chi connectivity index (χ1n) is 4.53. The third-order valence-corrected chi connectivity index (χ3v) is 1.88. The average Bonchev–Trinajstić information content (AvgIpc) is 2.02. The van der Waals surface area contributed by atoms with Gasteiger partial charge < -0.3 is 26.2 Å². The minimum absolute atomic E-state index is 0.175. The van der Waals surface area contributed by atoms with Gasteiger partial charge >= 0.3 is 5.97 Å². The van der Waals surface area contributed by atoms with Crippen LogP contribution in [0.3, 0.4) is 0 Å². The average molecular weight is 193 g/mol. The van der Waals surface area contributed by atoms with Gasteiger partial charge in [-0.2, -0.15) is 0 Å². The Kier molecular flexibility index (Phi) is 6.19. The van der Waals surface area contributed by atoms with Crippen molar-refractivity contribution in [2.75, 3.05) is 6.54 Å². The van der Waals surface area contributed by atoms with Crippen LogP contribution in [0.5, 0.6) is 0 Å². The van der Waals surface area contributed by atoms with E-state index in [-0.39, 0.29) is 6.42 Å². The molecule has 0 heterocycles. The molecular formula is C8H19NO4. The molecule has 5 nitrogen and oxygen atoms in total. The molecule has 0 saturated heterocycles. The van der Waals surface area contributed by atoms with Crippen molar-refractivity contribution >= 4 is 0 Å². The van der Waals surface area contributed by atoms with Crippen LogP contribution in [0, 0.1) is 0 Å². The Morgan fingerprint density at radius 3 is 2.00 bits per heavy atom. The van der Waals surface area contributed by atoms with Crippen molar-refractivity contribution < 1.29 is 20.4 Å². The molecule has 0 spiro atoms. The summed E-state index contributed by atoms with van der Waals surface area (Å²) in [4.78, 5) is 0. The van der Waals surface area contributed by atoms with Crippen LogP contribution in [0.4, 0.5) is 0 Å². The molecular weight excluding hydrogens is 174 g/mol. The monoisotopic (exact) mass is 193 g/mol. The molecule has 6 N–H and O–H groups in total. The highest BCUT2D eigenvalue weighted by molar-refractivity contribution is 4.62. The molecule has 1 unspecified atom stereocenters. The second-order valence-corrected chi connectivity index (χ2v) is 3.19. The second kappa shape index (κ2) is 6.28. The van der Waals surface area contributed by atoms with Crippen molar-refractivity contribution in [3.63, 3.8) is 0 Å². The fourth-order valence-electron chi connectivity index (χ4n) is 1.03. The highest BCUT2D eigenvalue weighted by atomic mass is 16.7. The molecule has 0 aliphatic heterocycles. The van der Waals surface area contributed by atoms with Crippen molar-refractivity contribution in [1.82, 2.24) is 0 Å². The number of rotatable bonds is 7. The summed E-state index contributed by atoms with van der Waals surface area (Å²) < 4.78 is 0. The Bertz CT molecular complexity index is 124. The number of aliphatic hydroxyl groups excluding tert-OH is 1. The van der Waals surface area contributed by atoms with Crippen molar-refractivity contribution in [2.24, 2.45) is 5.73 Å². The normalized spacial score (nSPS) is 14.5. The Labute approximate surface area is 77.8 Å². The number of nitrogens with two attached hydrogens (primary N) is 1. The van der Waals surface area contributed by atoms with Crippen LogP contribution in [-0.4, -0.2) is 39.0 Å². The van der Waals surface area contributed by atoms with Gasteiger partial charge in [0.1, 0.15) is 6.10 Å². The number of hydrogen-bond acceptors (Lipinski definition) is 5. The van der Waals surface area contributed by atoms with E-state index in [4.69, 9.17) is 26.2 Å². The van der Waals surface area contributed by atoms with E-state index < -0.39 is 12.1 Å². The first-order valence-corrected chi connectivity index (χ1v) is 4.53. The van der Waals surface area contributed by atoms with Gasteiger partial charge in [-0.15, -0.1) is 0 Å². The smallest absolute Gasteiger partial charge is 0.302 e. The SMILES string of the molecule is NCCCCCCC(O)C(O)(O)O. The van der Waals surface area contributed by atoms with Gasteiger partial charge in [-0.25, -0.2) is 0 Å². The first kappa shape index (κ1) is 12.8. The zero-order valence-corrected chi connectivity index (χ0v) is 7.69. The first-order chi connectivity index (χ1) is 5.98. The summed E-state index contributed by atoms with van der Waals surface area (Å²) in [6.07, 6.45) is 2.07. The third kappa shape index (κ3) is 6.92. The van der Waals surface area contributed by atoms with E-state index in [1.807, 2.05) is 0 Å². The molecule has 80 valence electrons. The molecule has 0 aromatic rings. The summed E-state index contributed by atoms with van der Waals surface area (Å²) in [6, 6.07) is 0. The lowest BCUT2D eigenvalue weighted by molar-refractivity contribution is -0.355. The van der Waals surface area contributed by atoms with E-state index in [1.54, 1.807) is 0 Å². The minimum Gasteiger partial charge on any atom is -0.385 e. The Hall–Kier alpha value is -0.200. The van der Waals surface area contributed by atoms with Gasteiger partial charge in [-0.1, -0.05) is 19.3 Å². The van der Waals surface area contributed by atoms with E-state index in [2.05, 4.69) is 0 Å². The quantitative estimate of drug-likeness (QED) is 0.260. The van der Waals surface area contributed by atoms with E-state index in [0.717, 1.165) is 19.3 Å². The molecule has 0 saturated carbocycles.